The quantitative estimate of drug-likeness (QED) is 0.867. The van der Waals surface area contributed by atoms with Crippen molar-refractivity contribution < 1.29 is 14.7 Å². The molecule has 1 unspecified atom stereocenters. The molecule has 0 saturated carbocycles. The molecule has 6 heteroatoms. The van der Waals surface area contributed by atoms with Gasteiger partial charge >= 0.3 is 5.97 Å². The average molecular weight is 275 g/mol. The fourth-order valence-corrected chi connectivity index (χ4v) is 2.01. The second-order valence-corrected chi connectivity index (χ2v) is 4.76. The van der Waals surface area contributed by atoms with Gasteiger partial charge in [0.25, 0.3) is 5.91 Å². The summed E-state index contributed by atoms with van der Waals surface area (Å²) in [5.74, 6) is -1.58. The number of rotatable bonds is 5. The maximum Gasteiger partial charge on any atom is 0.326 e. The number of amides is 1. The highest BCUT2D eigenvalue weighted by Crippen LogP contribution is 2.13. The summed E-state index contributed by atoms with van der Waals surface area (Å²) in [6, 6.07) is 4.48. The van der Waals surface area contributed by atoms with Crippen molar-refractivity contribution in [2.45, 2.75) is 26.3 Å². The standard InChI is InChI=1S/C14H17N3O3/c1-3-9(2)12(14(19)20)16-13(18)10-8-15-17-7-5-4-6-11(10)17/h4-9,12H,3H2,1-2H3,(H,16,18)(H,19,20)/t9?,12-/m0/s1. The van der Waals surface area contributed by atoms with Crippen LogP contribution in [0.25, 0.3) is 5.52 Å². The molecule has 2 heterocycles. The summed E-state index contributed by atoms with van der Waals surface area (Å²) < 4.78 is 1.58. The van der Waals surface area contributed by atoms with Gasteiger partial charge in [-0.25, -0.2) is 9.31 Å². The summed E-state index contributed by atoms with van der Waals surface area (Å²) >= 11 is 0. The van der Waals surface area contributed by atoms with Crippen molar-refractivity contribution >= 4 is 17.4 Å². The highest BCUT2D eigenvalue weighted by atomic mass is 16.4. The molecule has 0 spiro atoms. The van der Waals surface area contributed by atoms with Gasteiger partial charge in [0.2, 0.25) is 0 Å². The zero-order chi connectivity index (χ0) is 14.7. The number of nitrogens with one attached hydrogen (secondary N) is 1. The molecule has 0 radical (unpaired) electrons. The molecule has 0 aliphatic carbocycles. The summed E-state index contributed by atoms with van der Waals surface area (Å²) in [7, 11) is 0. The number of carbonyl (C=O) groups is 2. The lowest BCUT2D eigenvalue weighted by Gasteiger charge is -2.19. The van der Waals surface area contributed by atoms with E-state index in [4.69, 9.17) is 0 Å². The van der Waals surface area contributed by atoms with Gasteiger partial charge in [0.15, 0.2) is 0 Å². The van der Waals surface area contributed by atoms with E-state index in [1.54, 1.807) is 35.8 Å². The fourth-order valence-electron chi connectivity index (χ4n) is 2.01. The van der Waals surface area contributed by atoms with Gasteiger partial charge in [-0.1, -0.05) is 26.3 Å². The molecule has 2 rings (SSSR count). The van der Waals surface area contributed by atoms with Crippen molar-refractivity contribution in [3.63, 3.8) is 0 Å². The predicted octanol–water partition coefficient (Wildman–Crippen LogP) is 1.56. The van der Waals surface area contributed by atoms with Gasteiger partial charge in [0, 0.05) is 6.20 Å². The summed E-state index contributed by atoms with van der Waals surface area (Å²) in [4.78, 5) is 23.5. The van der Waals surface area contributed by atoms with E-state index < -0.39 is 17.9 Å². The van der Waals surface area contributed by atoms with Gasteiger partial charge in [0.05, 0.1) is 17.3 Å². The van der Waals surface area contributed by atoms with E-state index in [1.807, 2.05) is 6.92 Å². The van der Waals surface area contributed by atoms with Gasteiger partial charge in [-0.3, -0.25) is 4.79 Å². The number of aliphatic carboxylic acids is 1. The molecule has 2 aromatic rings. The van der Waals surface area contributed by atoms with E-state index in [-0.39, 0.29) is 5.92 Å². The minimum absolute atomic E-state index is 0.140. The van der Waals surface area contributed by atoms with Crippen LogP contribution in [-0.2, 0) is 4.79 Å². The maximum absolute atomic E-state index is 12.2. The molecule has 0 aliphatic rings. The highest BCUT2D eigenvalue weighted by Gasteiger charge is 2.26. The smallest absolute Gasteiger partial charge is 0.326 e. The number of carbonyl (C=O) groups excluding carboxylic acids is 1. The third kappa shape index (κ3) is 2.64. The maximum atomic E-state index is 12.2. The molecule has 0 fully saturated rings. The summed E-state index contributed by atoms with van der Waals surface area (Å²) in [6.45, 7) is 3.69. The topological polar surface area (TPSA) is 83.7 Å². The van der Waals surface area contributed by atoms with Crippen LogP contribution < -0.4 is 5.32 Å². The van der Waals surface area contributed by atoms with Crippen LogP contribution in [0.15, 0.2) is 30.6 Å². The first kappa shape index (κ1) is 14.0. The van der Waals surface area contributed by atoms with E-state index in [0.29, 0.717) is 17.5 Å². The molecule has 1 amide bonds. The average Bonchev–Trinajstić information content (AvgIpc) is 2.87. The van der Waals surface area contributed by atoms with Crippen molar-refractivity contribution in [3.8, 4) is 0 Å². The Morgan fingerprint density at radius 1 is 1.45 bits per heavy atom. The predicted molar refractivity (Wildman–Crippen MR) is 73.5 cm³/mol. The van der Waals surface area contributed by atoms with Crippen molar-refractivity contribution in [1.29, 1.82) is 0 Å². The van der Waals surface area contributed by atoms with Crippen molar-refractivity contribution in [2.24, 2.45) is 5.92 Å². The Bertz CT molecular complexity index is 635. The van der Waals surface area contributed by atoms with Crippen LogP contribution in [0.4, 0.5) is 0 Å². The lowest BCUT2D eigenvalue weighted by Crippen LogP contribution is -2.45. The Labute approximate surface area is 116 Å². The Balaban J connectivity index is 2.25. The zero-order valence-corrected chi connectivity index (χ0v) is 11.4. The van der Waals surface area contributed by atoms with Gasteiger partial charge in [-0.15, -0.1) is 0 Å². The molecule has 0 saturated heterocycles. The normalized spacial score (nSPS) is 13.9. The van der Waals surface area contributed by atoms with Crippen LogP contribution in [-0.4, -0.2) is 32.6 Å². The molecule has 2 N–H and O–H groups in total. The first-order valence-corrected chi connectivity index (χ1v) is 6.50. The molecule has 20 heavy (non-hydrogen) atoms. The number of hydrogen-bond donors (Lipinski definition) is 2. The Hall–Kier alpha value is -2.37. The molecule has 2 aromatic heterocycles. The van der Waals surface area contributed by atoms with Gasteiger partial charge in [0.1, 0.15) is 6.04 Å². The molecule has 0 aliphatic heterocycles. The monoisotopic (exact) mass is 275 g/mol. The summed E-state index contributed by atoms with van der Waals surface area (Å²) in [5, 5.41) is 15.8. The minimum Gasteiger partial charge on any atom is -0.480 e. The number of carboxylic acids is 1. The second kappa shape index (κ2) is 5.73. The van der Waals surface area contributed by atoms with E-state index >= 15 is 0 Å². The minimum atomic E-state index is -1.02. The number of aromatic nitrogens is 2. The summed E-state index contributed by atoms with van der Waals surface area (Å²) in [6.07, 6.45) is 3.85. The van der Waals surface area contributed by atoms with Crippen molar-refractivity contribution in [3.05, 3.63) is 36.2 Å². The largest absolute Gasteiger partial charge is 0.480 e. The Kier molecular flexibility index (Phi) is 4.02. The van der Waals surface area contributed by atoms with Crippen LogP contribution in [0.1, 0.15) is 30.6 Å². The first-order chi connectivity index (χ1) is 9.54. The number of nitrogens with zero attached hydrogens (tertiary/aromatic N) is 2. The third-order valence-electron chi connectivity index (χ3n) is 3.44. The number of carboxylic acid groups (broad SMARTS) is 1. The van der Waals surface area contributed by atoms with Crippen molar-refractivity contribution in [1.82, 2.24) is 14.9 Å². The molecular formula is C14H17N3O3. The Morgan fingerprint density at radius 2 is 2.20 bits per heavy atom. The van der Waals surface area contributed by atoms with E-state index in [9.17, 15) is 14.7 Å². The highest BCUT2D eigenvalue weighted by molar-refractivity contribution is 6.02. The van der Waals surface area contributed by atoms with E-state index in [1.165, 1.54) is 6.20 Å². The van der Waals surface area contributed by atoms with Crippen LogP contribution in [0.3, 0.4) is 0 Å². The fraction of sp³-hybridized carbons (Fsp3) is 0.357. The molecule has 106 valence electrons. The number of fused-ring (bicyclic) bond motifs is 1. The summed E-state index contributed by atoms with van der Waals surface area (Å²) in [5.41, 5.74) is 1.03. The van der Waals surface area contributed by atoms with Crippen LogP contribution in [0, 0.1) is 5.92 Å². The Morgan fingerprint density at radius 3 is 2.85 bits per heavy atom. The lowest BCUT2D eigenvalue weighted by molar-refractivity contribution is -0.140. The van der Waals surface area contributed by atoms with Crippen LogP contribution in [0.2, 0.25) is 0 Å². The van der Waals surface area contributed by atoms with Crippen molar-refractivity contribution in [2.75, 3.05) is 0 Å². The number of hydrogen-bond acceptors (Lipinski definition) is 3. The van der Waals surface area contributed by atoms with E-state index in [2.05, 4.69) is 10.4 Å². The molecule has 0 aromatic carbocycles. The number of pyridine rings is 1. The first-order valence-electron chi connectivity index (χ1n) is 6.50. The van der Waals surface area contributed by atoms with Gasteiger partial charge in [-0.05, 0) is 18.1 Å². The molecule has 2 atom stereocenters. The molecule has 0 bridgehead atoms. The van der Waals surface area contributed by atoms with Gasteiger partial charge < -0.3 is 10.4 Å². The zero-order valence-electron chi connectivity index (χ0n) is 11.4. The SMILES string of the molecule is CCC(C)[C@H](NC(=O)c1cnn2ccccc12)C(=O)O. The van der Waals surface area contributed by atoms with Crippen LogP contribution in [0.5, 0.6) is 0 Å². The second-order valence-electron chi connectivity index (χ2n) is 4.76. The third-order valence-corrected chi connectivity index (χ3v) is 3.44. The van der Waals surface area contributed by atoms with Gasteiger partial charge in [-0.2, -0.15) is 5.10 Å². The molecular weight excluding hydrogens is 258 g/mol. The van der Waals surface area contributed by atoms with Crippen LogP contribution >= 0.6 is 0 Å². The lowest BCUT2D eigenvalue weighted by atomic mass is 9.99. The van der Waals surface area contributed by atoms with E-state index in [0.717, 1.165) is 0 Å². The molecule has 6 nitrogen and oxygen atoms in total.